The van der Waals surface area contributed by atoms with Crippen LogP contribution >= 0.6 is 0 Å². The molecule has 4 nitrogen and oxygen atoms in total. The van der Waals surface area contributed by atoms with Gasteiger partial charge in [-0.3, -0.25) is 4.90 Å². The van der Waals surface area contributed by atoms with Crippen LogP contribution in [0, 0.1) is 0 Å². The number of benzene rings is 1. The lowest BCUT2D eigenvalue weighted by atomic mass is 9.93. The monoisotopic (exact) mass is 245 g/mol. The van der Waals surface area contributed by atoms with Crippen molar-refractivity contribution < 1.29 is 4.79 Å². The van der Waals surface area contributed by atoms with E-state index in [2.05, 4.69) is 10.6 Å². The molecule has 18 heavy (non-hydrogen) atoms. The number of carbonyl (C=O) groups excluding carboxylic acids is 1. The minimum Gasteiger partial charge on any atom is -0.383 e. The largest absolute Gasteiger partial charge is 0.383 e. The maximum Gasteiger partial charge on any atom is 0.322 e. The number of fused-ring (bicyclic) bond motifs is 1. The molecule has 2 N–H and O–H groups in total. The molecule has 96 valence electrons. The molecule has 1 fully saturated rings. The molecule has 0 aromatic heterocycles. The van der Waals surface area contributed by atoms with E-state index in [9.17, 15) is 4.79 Å². The lowest BCUT2D eigenvalue weighted by Crippen LogP contribution is -2.47. The molecule has 1 aliphatic heterocycles. The van der Waals surface area contributed by atoms with Gasteiger partial charge in [0.1, 0.15) is 0 Å². The Bertz CT molecular complexity index is 442. The first-order valence-electron chi connectivity index (χ1n) is 6.75. The topological polar surface area (TPSA) is 44.4 Å². The SMILES string of the molecule is O=C(NC1CCC1)N1CCCNc2ccccc21. The molecule has 1 saturated carbocycles. The number of nitrogens with one attached hydrogen (secondary N) is 2. The van der Waals surface area contributed by atoms with Crippen LogP contribution in [-0.2, 0) is 0 Å². The van der Waals surface area contributed by atoms with Gasteiger partial charge >= 0.3 is 6.03 Å². The summed E-state index contributed by atoms with van der Waals surface area (Å²) < 4.78 is 0. The minimum absolute atomic E-state index is 0.0517. The van der Waals surface area contributed by atoms with Gasteiger partial charge in [-0.2, -0.15) is 0 Å². The highest BCUT2D eigenvalue weighted by Gasteiger charge is 2.25. The van der Waals surface area contributed by atoms with E-state index >= 15 is 0 Å². The van der Waals surface area contributed by atoms with Crippen molar-refractivity contribution in [2.75, 3.05) is 23.3 Å². The molecular formula is C14H19N3O. The van der Waals surface area contributed by atoms with Gasteiger partial charge in [-0.05, 0) is 37.8 Å². The molecule has 1 heterocycles. The molecule has 0 saturated heterocycles. The summed E-state index contributed by atoms with van der Waals surface area (Å²) in [5.74, 6) is 0. The first-order valence-corrected chi connectivity index (χ1v) is 6.75. The van der Waals surface area contributed by atoms with Crippen LogP contribution in [0.1, 0.15) is 25.7 Å². The smallest absolute Gasteiger partial charge is 0.322 e. The Kier molecular flexibility index (Phi) is 3.09. The van der Waals surface area contributed by atoms with Gasteiger partial charge < -0.3 is 10.6 Å². The van der Waals surface area contributed by atoms with Gasteiger partial charge in [0.2, 0.25) is 0 Å². The van der Waals surface area contributed by atoms with Crippen LogP contribution in [-0.4, -0.2) is 25.2 Å². The van der Waals surface area contributed by atoms with Crippen LogP contribution in [0.2, 0.25) is 0 Å². The van der Waals surface area contributed by atoms with Gasteiger partial charge in [-0.1, -0.05) is 12.1 Å². The number of amides is 2. The highest BCUT2D eigenvalue weighted by molar-refractivity contribution is 5.96. The van der Waals surface area contributed by atoms with Crippen LogP contribution in [0.25, 0.3) is 0 Å². The molecule has 0 spiro atoms. The molecule has 0 radical (unpaired) electrons. The second-order valence-electron chi connectivity index (χ2n) is 5.03. The predicted octanol–water partition coefficient (Wildman–Crippen LogP) is 2.57. The normalized spacial score (nSPS) is 19.2. The second-order valence-corrected chi connectivity index (χ2v) is 5.03. The van der Waals surface area contributed by atoms with E-state index in [4.69, 9.17) is 0 Å². The van der Waals surface area contributed by atoms with Crippen molar-refractivity contribution in [3.8, 4) is 0 Å². The van der Waals surface area contributed by atoms with Crippen LogP contribution < -0.4 is 15.5 Å². The third kappa shape index (κ3) is 2.15. The summed E-state index contributed by atoms with van der Waals surface area (Å²) in [7, 11) is 0. The van der Waals surface area contributed by atoms with E-state index in [1.54, 1.807) is 0 Å². The summed E-state index contributed by atoms with van der Waals surface area (Å²) in [5.41, 5.74) is 2.05. The number of hydrogen-bond acceptors (Lipinski definition) is 2. The molecule has 2 aliphatic rings. The summed E-state index contributed by atoms with van der Waals surface area (Å²) in [5, 5.41) is 6.48. The molecule has 0 atom stereocenters. The zero-order valence-corrected chi connectivity index (χ0v) is 10.5. The Labute approximate surface area is 107 Å². The average Bonchev–Trinajstić information content (AvgIpc) is 2.56. The third-order valence-corrected chi connectivity index (χ3v) is 3.75. The molecular weight excluding hydrogens is 226 g/mol. The van der Waals surface area contributed by atoms with Crippen LogP contribution in [0.3, 0.4) is 0 Å². The van der Waals surface area contributed by atoms with E-state index in [1.165, 1.54) is 6.42 Å². The average molecular weight is 245 g/mol. The van der Waals surface area contributed by atoms with Crippen LogP contribution in [0.15, 0.2) is 24.3 Å². The van der Waals surface area contributed by atoms with Crippen molar-refractivity contribution in [3.63, 3.8) is 0 Å². The number of para-hydroxylation sites is 2. The highest BCUT2D eigenvalue weighted by Crippen LogP contribution is 2.28. The molecule has 1 aromatic carbocycles. The maximum absolute atomic E-state index is 12.3. The zero-order valence-electron chi connectivity index (χ0n) is 10.5. The number of hydrogen-bond donors (Lipinski definition) is 2. The number of urea groups is 1. The quantitative estimate of drug-likeness (QED) is 0.798. The summed E-state index contributed by atoms with van der Waals surface area (Å²) in [6.07, 6.45) is 4.47. The molecule has 2 amide bonds. The maximum atomic E-state index is 12.3. The first-order chi connectivity index (χ1) is 8.84. The zero-order chi connectivity index (χ0) is 12.4. The van der Waals surface area contributed by atoms with Gasteiger partial charge in [-0.15, -0.1) is 0 Å². The Hall–Kier alpha value is -1.71. The van der Waals surface area contributed by atoms with Crippen LogP contribution in [0.4, 0.5) is 16.2 Å². The third-order valence-electron chi connectivity index (χ3n) is 3.75. The van der Waals surface area contributed by atoms with Crippen molar-refractivity contribution >= 4 is 17.4 Å². The summed E-state index contributed by atoms with van der Waals surface area (Å²) >= 11 is 0. The standard InChI is InChI=1S/C14H19N3O/c18-14(16-11-5-3-6-11)17-10-4-9-15-12-7-1-2-8-13(12)17/h1-2,7-8,11,15H,3-6,9-10H2,(H,16,18). The van der Waals surface area contributed by atoms with Crippen LogP contribution in [0.5, 0.6) is 0 Å². The summed E-state index contributed by atoms with van der Waals surface area (Å²) in [6.45, 7) is 1.70. The van der Waals surface area contributed by atoms with E-state index < -0.39 is 0 Å². The van der Waals surface area contributed by atoms with Crippen molar-refractivity contribution in [1.29, 1.82) is 0 Å². The molecule has 3 rings (SSSR count). The lowest BCUT2D eigenvalue weighted by molar-refractivity contribution is 0.234. The minimum atomic E-state index is 0.0517. The number of nitrogens with zero attached hydrogens (tertiary/aromatic N) is 1. The van der Waals surface area contributed by atoms with Crippen molar-refractivity contribution in [3.05, 3.63) is 24.3 Å². The van der Waals surface area contributed by atoms with Gasteiger partial charge in [0.25, 0.3) is 0 Å². The van der Waals surface area contributed by atoms with Gasteiger partial charge in [0.05, 0.1) is 11.4 Å². The van der Waals surface area contributed by atoms with Gasteiger partial charge in [-0.25, -0.2) is 4.79 Å². The second kappa shape index (κ2) is 4.88. The lowest BCUT2D eigenvalue weighted by Gasteiger charge is -2.30. The first kappa shape index (κ1) is 11.4. The van der Waals surface area contributed by atoms with Crippen molar-refractivity contribution in [2.45, 2.75) is 31.7 Å². The summed E-state index contributed by atoms with van der Waals surface area (Å²) in [6, 6.07) is 8.46. The van der Waals surface area contributed by atoms with Crippen molar-refractivity contribution in [2.24, 2.45) is 0 Å². The molecule has 0 bridgehead atoms. The molecule has 1 aromatic rings. The van der Waals surface area contributed by atoms with Crippen molar-refractivity contribution in [1.82, 2.24) is 5.32 Å². The van der Waals surface area contributed by atoms with Gasteiger partial charge in [0, 0.05) is 19.1 Å². The van der Waals surface area contributed by atoms with E-state index in [-0.39, 0.29) is 6.03 Å². The highest BCUT2D eigenvalue weighted by atomic mass is 16.2. The number of rotatable bonds is 1. The Morgan fingerprint density at radius 1 is 1.28 bits per heavy atom. The van der Waals surface area contributed by atoms with E-state index in [0.717, 1.165) is 43.7 Å². The van der Waals surface area contributed by atoms with E-state index in [1.807, 2.05) is 29.2 Å². The van der Waals surface area contributed by atoms with E-state index in [0.29, 0.717) is 6.04 Å². The summed E-state index contributed by atoms with van der Waals surface area (Å²) in [4.78, 5) is 14.2. The molecule has 0 unspecified atom stereocenters. The number of anilines is 2. The molecule has 1 aliphatic carbocycles. The Morgan fingerprint density at radius 3 is 2.89 bits per heavy atom. The molecule has 4 heteroatoms. The Morgan fingerprint density at radius 2 is 2.11 bits per heavy atom. The fraction of sp³-hybridized carbons (Fsp3) is 0.500. The fourth-order valence-electron chi connectivity index (χ4n) is 2.46. The number of carbonyl (C=O) groups is 1. The fourth-order valence-corrected chi connectivity index (χ4v) is 2.46. The Balaban J connectivity index is 1.79. The predicted molar refractivity (Wildman–Crippen MR) is 73.1 cm³/mol. The van der Waals surface area contributed by atoms with Gasteiger partial charge in [0.15, 0.2) is 0 Å².